The minimum atomic E-state index is -0.537. The van der Waals surface area contributed by atoms with E-state index in [0.717, 1.165) is 19.3 Å². The number of aromatic nitrogens is 1. The van der Waals surface area contributed by atoms with Gasteiger partial charge in [0.05, 0.1) is 37.5 Å². The summed E-state index contributed by atoms with van der Waals surface area (Å²) >= 11 is 0. The van der Waals surface area contributed by atoms with Crippen LogP contribution in [0.1, 0.15) is 60.7 Å². The largest absolute Gasteiger partial charge is 0.497 e. The first-order chi connectivity index (χ1) is 23.1. The molecule has 0 saturated carbocycles. The summed E-state index contributed by atoms with van der Waals surface area (Å²) < 4.78 is 17.9. The second kappa shape index (κ2) is 17.5. The molecule has 3 N–H and O–H groups in total. The van der Waals surface area contributed by atoms with Crippen LogP contribution in [0.25, 0.3) is 0 Å². The van der Waals surface area contributed by atoms with Gasteiger partial charge in [0.25, 0.3) is 11.8 Å². The molecule has 0 unspecified atom stereocenters. The lowest BCUT2D eigenvalue weighted by atomic mass is 10.0. The molecule has 3 aromatic rings. The van der Waals surface area contributed by atoms with Crippen molar-refractivity contribution in [3.63, 3.8) is 0 Å². The molecule has 0 aliphatic carbocycles. The molecule has 12 nitrogen and oxygen atoms in total. The van der Waals surface area contributed by atoms with Gasteiger partial charge in [-0.3, -0.25) is 14.6 Å². The molecule has 48 heavy (non-hydrogen) atoms. The molecule has 4 atom stereocenters. The van der Waals surface area contributed by atoms with Crippen LogP contribution in [-0.4, -0.2) is 96.4 Å². The fourth-order valence-electron chi connectivity index (χ4n) is 5.42. The summed E-state index contributed by atoms with van der Waals surface area (Å²) in [7, 11) is 3.29. The van der Waals surface area contributed by atoms with E-state index in [4.69, 9.17) is 14.2 Å². The fraction of sp³-hybridized carbons (Fsp3) is 0.444. The van der Waals surface area contributed by atoms with E-state index in [1.165, 1.54) is 12.4 Å². The number of carbonyl (C=O) groups is 3. The van der Waals surface area contributed by atoms with E-state index >= 15 is 0 Å². The quantitative estimate of drug-likeness (QED) is 0.295. The topological polar surface area (TPSA) is 143 Å². The molecule has 0 bridgehead atoms. The van der Waals surface area contributed by atoms with Crippen molar-refractivity contribution in [3.05, 3.63) is 78.1 Å². The number of ether oxygens (including phenoxy) is 3. The van der Waals surface area contributed by atoms with Crippen molar-refractivity contribution in [1.82, 2.24) is 14.8 Å². The Morgan fingerprint density at radius 2 is 1.77 bits per heavy atom. The Hall–Kier alpha value is -4.68. The normalized spacial score (nSPS) is 19.6. The van der Waals surface area contributed by atoms with Crippen LogP contribution < -0.4 is 20.1 Å². The van der Waals surface area contributed by atoms with Crippen molar-refractivity contribution in [2.45, 2.75) is 58.3 Å². The summed E-state index contributed by atoms with van der Waals surface area (Å²) in [5.41, 5.74) is 1.76. The monoisotopic (exact) mass is 661 g/mol. The van der Waals surface area contributed by atoms with Crippen molar-refractivity contribution in [2.75, 3.05) is 51.1 Å². The van der Waals surface area contributed by atoms with Gasteiger partial charge < -0.3 is 39.8 Å². The maximum absolute atomic E-state index is 14.3. The number of hydrogen-bond donors (Lipinski definition) is 3. The first-order valence-corrected chi connectivity index (χ1v) is 16.3. The van der Waals surface area contributed by atoms with E-state index in [2.05, 4.69) is 15.6 Å². The van der Waals surface area contributed by atoms with E-state index in [1.807, 2.05) is 13.8 Å². The molecule has 4 amide bonds. The number of fused-ring (bicyclic) bond motifs is 1. The Kier molecular flexibility index (Phi) is 13.2. The SMILES string of the molecule is COc1ccc(NC(=O)N(C)C[C@@H]2OCCCC[C@H](C)Oc3ccc(NC(=O)c4ccncc4)cc3C(=O)N([C@H](C)CO)C[C@H]2C)cc1. The highest BCUT2D eigenvalue weighted by Gasteiger charge is 2.31. The summed E-state index contributed by atoms with van der Waals surface area (Å²) in [6.45, 7) is 6.43. The molecule has 1 aromatic heterocycles. The average molecular weight is 662 g/mol. The van der Waals surface area contributed by atoms with Gasteiger partial charge in [-0.15, -0.1) is 0 Å². The van der Waals surface area contributed by atoms with Gasteiger partial charge in [0.2, 0.25) is 0 Å². The minimum absolute atomic E-state index is 0.192. The summed E-state index contributed by atoms with van der Waals surface area (Å²) in [5.74, 6) is 0.173. The van der Waals surface area contributed by atoms with Crippen LogP contribution in [0.2, 0.25) is 0 Å². The van der Waals surface area contributed by atoms with Crippen molar-refractivity contribution < 1.29 is 33.7 Å². The third-order valence-electron chi connectivity index (χ3n) is 8.39. The van der Waals surface area contributed by atoms with Crippen LogP contribution >= 0.6 is 0 Å². The molecular weight excluding hydrogens is 614 g/mol. The zero-order chi connectivity index (χ0) is 34.6. The predicted octanol–water partition coefficient (Wildman–Crippen LogP) is 5.30. The van der Waals surface area contributed by atoms with E-state index in [0.29, 0.717) is 35.0 Å². The lowest BCUT2D eigenvalue weighted by Crippen LogP contribution is -2.48. The van der Waals surface area contributed by atoms with Crippen LogP contribution in [0.5, 0.6) is 11.5 Å². The maximum Gasteiger partial charge on any atom is 0.321 e. The number of methoxy groups -OCH3 is 1. The number of aliphatic hydroxyl groups excluding tert-OH is 1. The standard InChI is InChI=1S/C36H47N5O7/c1-24-21-41(25(2)23-42)35(44)31-20-29(38-34(43)27-15-17-37-18-16-27)11-14-32(31)48-26(3)8-6-7-19-47-33(24)22-40(4)36(45)39-28-9-12-30(46-5)13-10-28/h9-18,20,24-26,33,42H,6-8,19,21-23H2,1-5H3,(H,38,43)(H,39,45)/t24-,25-,26+,33+/m1/s1. The second-order valence-corrected chi connectivity index (χ2v) is 12.2. The number of hydrogen-bond acceptors (Lipinski definition) is 8. The molecule has 2 aromatic carbocycles. The van der Waals surface area contributed by atoms with Crippen molar-refractivity contribution >= 4 is 29.2 Å². The van der Waals surface area contributed by atoms with Crippen molar-refractivity contribution in [3.8, 4) is 11.5 Å². The number of pyridine rings is 1. The van der Waals surface area contributed by atoms with Gasteiger partial charge in [-0.05, 0) is 87.7 Å². The summed E-state index contributed by atoms with van der Waals surface area (Å²) in [4.78, 5) is 47.5. The van der Waals surface area contributed by atoms with Crippen molar-refractivity contribution in [2.24, 2.45) is 5.92 Å². The third kappa shape index (κ3) is 9.91. The van der Waals surface area contributed by atoms with Gasteiger partial charge in [0.15, 0.2) is 0 Å². The van der Waals surface area contributed by atoms with Gasteiger partial charge in [-0.1, -0.05) is 6.92 Å². The van der Waals surface area contributed by atoms with Crippen LogP contribution in [0.4, 0.5) is 16.2 Å². The Balaban J connectivity index is 1.58. The fourth-order valence-corrected chi connectivity index (χ4v) is 5.42. The van der Waals surface area contributed by atoms with Gasteiger partial charge in [-0.25, -0.2) is 4.79 Å². The Morgan fingerprint density at radius 3 is 2.46 bits per heavy atom. The highest BCUT2D eigenvalue weighted by Crippen LogP contribution is 2.29. The predicted molar refractivity (Wildman–Crippen MR) is 184 cm³/mol. The van der Waals surface area contributed by atoms with E-state index in [1.54, 1.807) is 85.5 Å². The van der Waals surface area contributed by atoms with E-state index < -0.39 is 12.1 Å². The second-order valence-electron chi connectivity index (χ2n) is 12.2. The molecule has 4 rings (SSSR count). The first-order valence-electron chi connectivity index (χ1n) is 16.3. The molecule has 0 spiro atoms. The number of aliphatic hydroxyl groups is 1. The first kappa shape index (κ1) is 36.2. The number of benzene rings is 2. The summed E-state index contributed by atoms with van der Waals surface area (Å²) in [6, 6.07) is 14.5. The van der Waals surface area contributed by atoms with Crippen LogP contribution in [0, 0.1) is 5.92 Å². The maximum atomic E-state index is 14.3. The molecule has 1 aliphatic rings. The van der Waals surface area contributed by atoms with Crippen LogP contribution in [0.15, 0.2) is 67.0 Å². The number of rotatable bonds is 8. The van der Waals surface area contributed by atoms with Gasteiger partial charge in [0, 0.05) is 62.0 Å². The number of urea groups is 1. The summed E-state index contributed by atoms with van der Waals surface area (Å²) in [5, 5.41) is 16.0. The molecular formula is C36H47N5O7. The molecule has 2 heterocycles. The number of amides is 4. The lowest BCUT2D eigenvalue weighted by molar-refractivity contribution is -0.0115. The molecule has 0 fully saturated rings. The highest BCUT2D eigenvalue weighted by atomic mass is 16.5. The van der Waals surface area contributed by atoms with Crippen LogP contribution in [0.3, 0.4) is 0 Å². The number of nitrogens with zero attached hydrogens (tertiary/aromatic N) is 3. The number of anilines is 2. The lowest BCUT2D eigenvalue weighted by Gasteiger charge is -2.35. The van der Waals surface area contributed by atoms with Gasteiger partial charge in [0.1, 0.15) is 11.5 Å². The van der Waals surface area contributed by atoms with Crippen molar-refractivity contribution in [1.29, 1.82) is 0 Å². The number of carbonyl (C=O) groups excluding carboxylic acids is 3. The Morgan fingerprint density at radius 1 is 1.06 bits per heavy atom. The average Bonchev–Trinajstić information content (AvgIpc) is 3.10. The summed E-state index contributed by atoms with van der Waals surface area (Å²) in [6.07, 6.45) is 4.85. The van der Waals surface area contributed by atoms with Gasteiger partial charge >= 0.3 is 6.03 Å². The molecule has 12 heteroatoms. The molecule has 0 saturated heterocycles. The zero-order valence-corrected chi connectivity index (χ0v) is 28.3. The number of nitrogens with one attached hydrogen (secondary N) is 2. The van der Waals surface area contributed by atoms with E-state index in [9.17, 15) is 19.5 Å². The Labute approximate surface area is 282 Å². The highest BCUT2D eigenvalue weighted by molar-refractivity contribution is 6.05. The third-order valence-corrected chi connectivity index (χ3v) is 8.39. The molecule has 1 aliphatic heterocycles. The smallest absolute Gasteiger partial charge is 0.321 e. The van der Waals surface area contributed by atoms with E-state index in [-0.39, 0.29) is 55.1 Å². The molecule has 0 radical (unpaired) electrons. The minimum Gasteiger partial charge on any atom is -0.497 e. The number of likely N-dealkylation sites (N-methyl/N-ethyl adjacent to an activating group) is 1. The van der Waals surface area contributed by atoms with Crippen LogP contribution in [-0.2, 0) is 4.74 Å². The molecule has 258 valence electrons. The Bertz CT molecular complexity index is 1500. The zero-order valence-electron chi connectivity index (χ0n) is 28.3. The van der Waals surface area contributed by atoms with Gasteiger partial charge in [-0.2, -0.15) is 0 Å².